The molecule has 8 nitrogen and oxygen atoms in total. The molecule has 1 aromatic heterocycles. The average Bonchev–Trinajstić information content (AvgIpc) is 3.42. The molecule has 0 bridgehead atoms. The number of nitrogens with one attached hydrogen (secondary N) is 2. The van der Waals surface area contributed by atoms with E-state index in [1.165, 1.54) is 38.2 Å². The molecule has 0 spiro atoms. The van der Waals surface area contributed by atoms with Gasteiger partial charge < -0.3 is 14.8 Å². The van der Waals surface area contributed by atoms with Crippen molar-refractivity contribution in [2.75, 3.05) is 19.8 Å². The zero-order chi connectivity index (χ0) is 26.7. The summed E-state index contributed by atoms with van der Waals surface area (Å²) in [5.74, 6) is 1.78. The van der Waals surface area contributed by atoms with Crippen molar-refractivity contribution in [3.8, 4) is 5.75 Å². The summed E-state index contributed by atoms with van der Waals surface area (Å²) >= 11 is 0. The fourth-order valence-electron chi connectivity index (χ4n) is 5.10. The Morgan fingerprint density at radius 3 is 2.76 bits per heavy atom. The van der Waals surface area contributed by atoms with E-state index in [2.05, 4.69) is 32.2 Å². The number of rotatable bonds is 11. The van der Waals surface area contributed by atoms with E-state index in [0.29, 0.717) is 41.2 Å². The molecule has 2 aromatic rings. The molecular weight excluding hydrogens is 485 g/mol. The van der Waals surface area contributed by atoms with Crippen LogP contribution in [0.4, 0.5) is 4.39 Å². The lowest BCUT2D eigenvalue weighted by atomic mass is 9.87. The number of benzene rings is 1. The predicted octanol–water partition coefficient (Wildman–Crippen LogP) is 5.64. The Labute approximate surface area is 223 Å². The highest BCUT2D eigenvalue weighted by Crippen LogP contribution is 2.27. The third kappa shape index (κ3) is 7.84. The van der Waals surface area contributed by atoms with Crippen molar-refractivity contribution >= 4 is 18.2 Å². The highest BCUT2D eigenvalue weighted by atomic mass is 19.1. The van der Waals surface area contributed by atoms with Crippen molar-refractivity contribution in [1.29, 1.82) is 0 Å². The zero-order valence-electron chi connectivity index (χ0n) is 22.2. The van der Waals surface area contributed by atoms with Crippen molar-refractivity contribution in [1.82, 2.24) is 20.5 Å². The SMILES string of the molecule is C=N/C(=C\C(=C/C)c1cc(OCCC2CCOCC2)ccc1F)NC(=O)c1n[nH]c(CC2CCCCC2)n1. The van der Waals surface area contributed by atoms with Gasteiger partial charge in [-0.15, -0.1) is 5.10 Å². The predicted molar refractivity (Wildman–Crippen MR) is 145 cm³/mol. The second-order valence-electron chi connectivity index (χ2n) is 10.0. The van der Waals surface area contributed by atoms with Gasteiger partial charge in [0.25, 0.3) is 5.91 Å². The quantitative estimate of drug-likeness (QED) is 0.293. The van der Waals surface area contributed by atoms with E-state index in [1.54, 1.807) is 31.2 Å². The first-order valence-electron chi connectivity index (χ1n) is 13.6. The number of hydrogen-bond donors (Lipinski definition) is 2. The molecule has 1 amide bonds. The molecule has 204 valence electrons. The van der Waals surface area contributed by atoms with Gasteiger partial charge in [-0.2, -0.15) is 0 Å². The smallest absolute Gasteiger partial charge is 0.296 e. The van der Waals surface area contributed by atoms with Crippen LogP contribution in [0.3, 0.4) is 0 Å². The Bertz CT molecular complexity index is 1150. The van der Waals surface area contributed by atoms with Gasteiger partial charge in [-0.3, -0.25) is 9.89 Å². The third-order valence-electron chi connectivity index (χ3n) is 7.34. The molecule has 2 fully saturated rings. The standard InChI is InChI=1S/C29H38FN5O3/c1-3-22(24-19-23(9-10-25(24)30)38-16-13-20-11-14-37-15-12-20)18-26(31-2)33-29(36)28-32-27(34-35-28)17-21-7-5-4-6-8-21/h3,9-10,18-21H,2,4-8,11-17H2,1H3,(H,33,36)(H,32,34,35)/b22-3+,26-18+. The van der Waals surface area contributed by atoms with E-state index in [0.717, 1.165) is 38.9 Å². The molecule has 0 radical (unpaired) electrons. The van der Waals surface area contributed by atoms with Crippen molar-refractivity contribution in [2.45, 2.75) is 64.7 Å². The van der Waals surface area contributed by atoms with Crippen LogP contribution >= 0.6 is 0 Å². The number of H-pyrrole nitrogens is 1. The van der Waals surface area contributed by atoms with Crippen LogP contribution in [0, 0.1) is 17.7 Å². The highest BCUT2D eigenvalue weighted by molar-refractivity contribution is 5.92. The van der Waals surface area contributed by atoms with Crippen LogP contribution < -0.4 is 10.1 Å². The second-order valence-corrected chi connectivity index (χ2v) is 10.0. The summed E-state index contributed by atoms with van der Waals surface area (Å²) < 4.78 is 26.1. The second kappa shape index (κ2) is 14.0. The molecule has 1 aliphatic heterocycles. The van der Waals surface area contributed by atoms with Gasteiger partial charge in [-0.1, -0.05) is 38.2 Å². The number of aromatic amines is 1. The summed E-state index contributed by atoms with van der Waals surface area (Å²) in [6.07, 6.45) is 13.3. The van der Waals surface area contributed by atoms with Crippen molar-refractivity contribution in [2.24, 2.45) is 16.8 Å². The molecule has 1 aromatic carbocycles. The van der Waals surface area contributed by atoms with Gasteiger partial charge in [-0.25, -0.2) is 14.4 Å². The molecule has 38 heavy (non-hydrogen) atoms. The number of ether oxygens (including phenoxy) is 2. The lowest BCUT2D eigenvalue weighted by Gasteiger charge is -2.21. The first-order valence-corrected chi connectivity index (χ1v) is 13.6. The molecule has 0 atom stereocenters. The van der Waals surface area contributed by atoms with Crippen molar-refractivity contribution in [3.63, 3.8) is 0 Å². The fourth-order valence-corrected chi connectivity index (χ4v) is 5.10. The van der Waals surface area contributed by atoms with Crippen LogP contribution in [0.1, 0.15) is 80.3 Å². The Balaban J connectivity index is 1.38. The van der Waals surface area contributed by atoms with E-state index >= 15 is 0 Å². The summed E-state index contributed by atoms with van der Waals surface area (Å²) in [6, 6.07) is 4.68. The molecule has 1 saturated carbocycles. The number of aliphatic imine (C=N–C) groups is 1. The van der Waals surface area contributed by atoms with E-state index < -0.39 is 11.7 Å². The highest BCUT2D eigenvalue weighted by Gasteiger charge is 2.19. The molecule has 2 heterocycles. The van der Waals surface area contributed by atoms with E-state index in [9.17, 15) is 9.18 Å². The minimum Gasteiger partial charge on any atom is -0.494 e. The normalized spacial score (nSPS) is 17.8. The van der Waals surface area contributed by atoms with Crippen molar-refractivity contribution < 1.29 is 18.7 Å². The molecule has 1 aliphatic carbocycles. The maximum Gasteiger partial charge on any atom is 0.296 e. The molecule has 0 unspecified atom stereocenters. The number of amides is 1. The molecule has 2 N–H and O–H groups in total. The number of carbonyl (C=O) groups is 1. The Morgan fingerprint density at radius 1 is 1.24 bits per heavy atom. The Hall–Kier alpha value is -3.33. The number of hydrogen-bond acceptors (Lipinski definition) is 6. The van der Waals surface area contributed by atoms with Gasteiger partial charge in [0.2, 0.25) is 5.82 Å². The first-order chi connectivity index (χ1) is 18.6. The average molecular weight is 524 g/mol. The number of aromatic nitrogens is 3. The van der Waals surface area contributed by atoms with Crippen LogP contribution in [0.15, 0.2) is 41.2 Å². The lowest BCUT2D eigenvalue weighted by Crippen LogP contribution is -2.23. The molecule has 1 saturated heterocycles. The summed E-state index contributed by atoms with van der Waals surface area (Å²) in [5.41, 5.74) is 0.882. The molecule has 4 rings (SSSR count). The third-order valence-corrected chi connectivity index (χ3v) is 7.34. The maximum atomic E-state index is 14.8. The van der Waals surface area contributed by atoms with Gasteiger partial charge in [0.05, 0.1) is 6.61 Å². The van der Waals surface area contributed by atoms with Crippen LogP contribution in [0.2, 0.25) is 0 Å². The van der Waals surface area contributed by atoms with Crippen LogP contribution in [-0.4, -0.2) is 47.6 Å². The Kier molecular flexibility index (Phi) is 10.2. The molecule has 9 heteroatoms. The van der Waals surface area contributed by atoms with Gasteiger partial charge in [0.1, 0.15) is 23.2 Å². The monoisotopic (exact) mass is 523 g/mol. The summed E-state index contributed by atoms with van der Waals surface area (Å²) in [4.78, 5) is 21.1. The van der Waals surface area contributed by atoms with Gasteiger partial charge in [0, 0.05) is 25.2 Å². The molecule has 2 aliphatic rings. The minimum atomic E-state index is -0.504. The van der Waals surface area contributed by atoms with Crippen molar-refractivity contribution in [3.05, 3.63) is 59.2 Å². The van der Waals surface area contributed by atoms with E-state index in [1.807, 2.05) is 0 Å². The largest absolute Gasteiger partial charge is 0.494 e. The summed E-state index contributed by atoms with van der Waals surface area (Å²) in [7, 11) is 0. The summed E-state index contributed by atoms with van der Waals surface area (Å²) in [5, 5.41) is 9.65. The minimum absolute atomic E-state index is 0.0403. The van der Waals surface area contributed by atoms with Crippen LogP contribution in [0.5, 0.6) is 5.75 Å². The lowest BCUT2D eigenvalue weighted by molar-refractivity contribution is 0.0593. The molecular formula is C29H38FN5O3. The van der Waals surface area contributed by atoms with Gasteiger partial charge in [-0.05, 0) is 74.6 Å². The van der Waals surface area contributed by atoms with Gasteiger partial charge >= 0.3 is 0 Å². The maximum absolute atomic E-state index is 14.8. The van der Waals surface area contributed by atoms with E-state index in [4.69, 9.17) is 9.47 Å². The van der Waals surface area contributed by atoms with E-state index in [-0.39, 0.29) is 11.6 Å². The van der Waals surface area contributed by atoms with Crippen LogP contribution in [0.25, 0.3) is 5.57 Å². The number of halogens is 1. The fraction of sp³-hybridized carbons (Fsp3) is 0.517. The first kappa shape index (κ1) is 27.7. The zero-order valence-corrected chi connectivity index (χ0v) is 22.2. The van der Waals surface area contributed by atoms with Crippen LogP contribution in [-0.2, 0) is 11.2 Å². The van der Waals surface area contributed by atoms with Gasteiger partial charge in [0.15, 0.2) is 0 Å². The topological polar surface area (TPSA) is 101 Å². The summed E-state index contributed by atoms with van der Waals surface area (Å²) in [6.45, 7) is 7.52. The number of nitrogens with zero attached hydrogens (tertiary/aromatic N) is 3. The Morgan fingerprint density at radius 2 is 2.03 bits per heavy atom. The number of carbonyl (C=O) groups excluding carboxylic acids is 1. The number of allylic oxidation sites excluding steroid dienone is 3.